The molecule has 2 aromatic carbocycles. The smallest absolute Gasteiger partial charge is 0.307 e. The molecule has 28 heavy (non-hydrogen) atoms. The van der Waals surface area contributed by atoms with Crippen molar-refractivity contribution in [1.82, 2.24) is 4.90 Å². The topological polar surface area (TPSA) is 55.8 Å². The highest BCUT2D eigenvalue weighted by molar-refractivity contribution is 5.80. The second kappa shape index (κ2) is 11.1. The first-order chi connectivity index (χ1) is 13.5. The van der Waals surface area contributed by atoms with Gasteiger partial charge in [-0.15, -0.1) is 0 Å². The van der Waals surface area contributed by atoms with Crippen molar-refractivity contribution in [3.8, 4) is 5.75 Å². The van der Waals surface area contributed by atoms with Crippen molar-refractivity contribution in [1.29, 1.82) is 0 Å². The van der Waals surface area contributed by atoms with E-state index >= 15 is 0 Å². The highest BCUT2D eigenvalue weighted by Crippen LogP contribution is 2.22. The van der Waals surface area contributed by atoms with Crippen LogP contribution in [0.1, 0.15) is 44.4 Å². The summed E-state index contributed by atoms with van der Waals surface area (Å²) in [5, 5.41) is 0. The maximum atomic E-state index is 13.1. The van der Waals surface area contributed by atoms with E-state index in [0.29, 0.717) is 19.8 Å². The molecule has 0 N–H and O–H groups in total. The van der Waals surface area contributed by atoms with E-state index < -0.39 is 0 Å². The van der Waals surface area contributed by atoms with Crippen LogP contribution in [-0.2, 0) is 20.7 Å². The quantitative estimate of drug-likeness (QED) is 0.578. The summed E-state index contributed by atoms with van der Waals surface area (Å²) in [6.07, 6.45) is 0.451. The van der Waals surface area contributed by atoms with Gasteiger partial charge in [-0.1, -0.05) is 42.5 Å². The maximum absolute atomic E-state index is 13.1. The summed E-state index contributed by atoms with van der Waals surface area (Å²) >= 11 is 0. The number of ether oxygens (including phenoxy) is 2. The molecule has 1 atom stereocenters. The molecule has 1 unspecified atom stereocenters. The average molecular weight is 383 g/mol. The van der Waals surface area contributed by atoms with Gasteiger partial charge in [-0.05, 0) is 44.0 Å². The van der Waals surface area contributed by atoms with Gasteiger partial charge in [-0.25, -0.2) is 0 Å². The fourth-order valence-corrected chi connectivity index (χ4v) is 3.04. The molecule has 5 heteroatoms. The fourth-order valence-electron chi connectivity index (χ4n) is 3.04. The molecule has 0 aromatic heterocycles. The van der Waals surface area contributed by atoms with Gasteiger partial charge in [0, 0.05) is 6.54 Å². The summed E-state index contributed by atoms with van der Waals surface area (Å²) in [6.45, 7) is 6.96. The largest absolute Gasteiger partial charge is 0.494 e. The third kappa shape index (κ3) is 6.41. The summed E-state index contributed by atoms with van der Waals surface area (Å²) < 4.78 is 10.5. The van der Waals surface area contributed by atoms with Crippen LogP contribution in [0.5, 0.6) is 5.75 Å². The van der Waals surface area contributed by atoms with E-state index in [9.17, 15) is 9.59 Å². The van der Waals surface area contributed by atoms with Crippen molar-refractivity contribution in [3.05, 3.63) is 65.7 Å². The molecular weight excluding hydrogens is 354 g/mol. The van der Waals surface area contributed by atoms with Crippen LogP contribution < -0.4 is 4.74 Å². The zero-order valence-corrected chi connectivity index (χ0v) is 16.9. The number of hydrogen-bond donors (Lipinski definition) is 0. The van der Waals surface area contributed by atoms with E-state index in [0.717, 1.165) is 16.9 Å². The Kier molecular flexibility index (Phi) is 8.53. The van der Waals surface area contributed by atoms with Crippen molar-refractivity contribution in [2.75, 3.05) is 19.8 Å². The van der Waals surface area contributed by atoms with Crippen LogP contribution >= 0.6 is 0 Å². The first-order valence-electron chi connectivity index (χ1n) is 9.76. The Bertz CT molecular complexity index is 743. The molecule has 0 radical (unpaired) electrons. The van der Waals surface area contributed by atoms with E-state index in [2.05, 4.69) is 0 Å². The van der Waals surface area contributed by atoms with Crippen molar-refractivity contribution in [3.63, 3.8) is 0 Å². The Hall–Kier alpha value is -2.82. The molecule has 0 saturated heterocycles. The molecule has 1 amide bonds. The number of amides is 1. The van der Waals surface area contributed by atoms with Crippen LogP contribution in [0, 0.1) is 0 Å². The minimum absolute atomic E-state index is 0.0233. The van der Waals surface area contributed by atoms with E-state index in [1.54, 1.807) is 11.8 Å². The Morgan fingerprint density at radius 3 is 2.25 bits per heavy atom. The molecule has 0 aliphatic heterocycles. The van der Waals surface area contributed by atoms with E-state index in [-0.39, 0.29) is 30.8 Å². The summed E-state index contributed by atoms with van der Waals surface area (Å²) in [5.41, 5.74) is 1.95. The molecule has 2 rings (SSSR count). The van der Waals surface area contributed by atoms with Crippen molar-refractivity contribution in [2.24, 2.45) is 0 Å². The molecule has 0 bridgehead atoms. The lowest BCUT2D eigenvalue weighted by atomic mass is 10.0. The molecule has 150 valence electrons. The molecular formula is C23H29NO4. The fraction of sp³-hybridized carbons (Fsp3) is 0.391. The van der Waals surface area contributed by atoms with Crippen molar-refractivity contribution >= 4 is 11.9 Å². The minimum Gasteiger partial charge on any atom is -0.494 e. The standard InChI is InChI=1S/C23H29NO4/c1-4-27-21-13-11-19(12-14-21)17-22(25)24(16-15-23(26)28-5-2)18(3)20-9-7-6-8-10-20/h6-14,18H,4-5,15-17H2,1-3H3. The summed E-state index contributed by atoms with van der Waals surface area (Å²) in [5.74, 6) is 0.474. The van der Waals surface area contributed by atoms with Gasteiger partial charge in [0.1, 0.15) is 5.75 Å². The summed E-state index contributed by atoms with van der Waals surface area (Å²) in [7, 11) is 0. The number of benzene rings is 2. The molecule has 2 aromatic rings. The number of esters is 1. The van der Waals surface area contributed by atoms with Gasteiger partial charge >= 0.3 is 5.97 Å². The zero-order valence-electron chi connectivity index (χ0n) is 16.9. The highest BCUT2D eigenvalue weighted by atomic mass is 16.5. The highest BCUT2D eigenvalue weighted by Gasteiger charge is 2.22. The van der Waals surface area contributed by atoms with Crippen molar-refractivity contribution in [2.45, 2.75) is 39.7 Å². The van der Waals surface area contributed by atoms with Crippen LogP contribution in [-0.4, -0.2) is 36.5 Å². The second-order valence-corrected chi connectivity index (χ2v) is 6.48. The number of nitrogens with zero attached hydrogens (tertiary/aromatic N) is 1. The molecule has 0 fully saturated rings. The van der Waals surface area contributed by atoms with Gasteiger partial charge in [0.15, 0.2) is 0 Å². The number of hydrogen-bond acceptors (Lipinski definition) is 4. The van der Waals surface area contributed by atoms with Gasteiger partial charge < -0.3 is 14.4 Å². The van der Waals surface area contributed by atoms with Crippen LogP contribution in [0.3, 0.4) is 0 Å². The van der Waals surface area contributed by atoms with Crippen LogP contribution in [0.15, 0.2) is 54.6 Å². The van der Waals surface area contributed by atoms with E-state index in [4.69, 9.17) is 9.47 Å². The second-order valence-electron chi connectivity index (χ2n) is 6.48. The summed E-state index contributed by atoms with van der Waals surface area (Å²) in [4.78, 5) is 26.6. The van der Waals surface area contributed by atoms with Gasteiger partial charge in [-0.2, -0.15) is 0 Å². The Labute approximate surface area is 167 Å². The lowest BCUT2D eigenvalue weighted by molar-refractivity contribution is -0.144. The van der Waals surface area contributed by atoms with E-state index in [1.165, 1.54) is 0 Å². The summed E-state index contributed by atoms with van der Waals surface area (Å²) in [6, 6.07) is 17.2. The van der Waals surface area contributed by atoms with E-state index in [1.807, 2.05) is 68.4 Å². The zero-order chi connectivity index (χ0) is 20.4. The maximum Gasteiger partial charge on any atom is 0.307 e. The molecule has 0 aliphatic carbocycles. The normalized spacial score (nSPS) is 11.5. The Morgan fingerprint density at radius 1 is 0.964 bits per heavy atom. The predicted molar refractivity (Wildman–Crippen MR) is 109 cm³/mol. The lowest BCUT2D eigenvalue weighted by Crippen LogP contribution is -2.36. The number of carbonyl (C=O) groups excluding carboxylic acids is 2. The molecule has 0 aliphatic rings. The van der Waals surface area contributed by atoms with Crippen LogP contribution in [0.25, 0.3) is 0 Å². The predicted octanol–water partition coefficient (Wildman–Crippen LogP) is 4.17. The van der Waals surface area contributed by atoms with Crippen LogP contribution in [0.2, 0.25) is 0 Å². The van der Waals surface area contributed by atoms with Gasteiger partial charge in [0.05, 0.1) is 32.1 Å². The van der Waals surface area contributed by atoms with Gasteiger partial charge in [0.2, 0.25) is 5.91 Å². The first kappa shape index (κ1) is 21.5. The van der Waals surface area contributed by atoms with Gasteiger partial charge in [0.25, 0.3) is 0 Å². The lowest BCUT2D eigenvalue weighted by Gasteiger charge is -2.29. The van der Waals surface area contributed by atoms with Crippen LogP contribution in [0.4, 0.5) is 0 Å². The Balaban J connectivity index is 2.12. The minimum atomic E-state index is -0.290. The Morgan fingerprint density at radius 2 is 1.64 bits per heavy atom. The SMILES string of the molecule is CCOC(=O)CCN(C(=O)Cc1ccc(OCC)cc1)C(C)c1ccccc1. The molecule has 0 saturated carbocycles. The molecule has 0 spiro atoms. The molecule has 0 heterocycles. The first-order valence-corrected chi connectivity index (χ1v) is 9.76. The third-order valence-electron chi connectivity index (χ3n) is 4.52. The van der Waals surface area contributed by atoms with Crippen molar-refractivity contribution < 1.29 is 19.1 Å². The monoisotopic (exact) mass is 383 g/mol. The number of rotatable bonds is 10. The third-order valence-corrected chi connectivity index (χ3v) is 4.52. The molecule has 5 nitrogen and oxygen atoms in total. The average Bonchev–Trinajstić information content (AvgIpc) is 2.70. The van der Waals surface area contributed by atoms with Gasteiger partial charge in [-0.3, -0.25) is 9.59 Å². The number of carbonyl (C=O) groups is 2.